The molecule has 6 atom stereocenters. The number of carbonyl (C=O) groups is 4. The first-order valence-electron chi connectivity index (χ1n) is 14.9. The highest BCUT2D eigenvalue weighted by molar-refractivity contribution is 6.30. The summed E-state index contributed by atoms with van der Waals surface area (Å²) in [6.07, 6.45) is 7.72. The lowest BCUT2D eigenvalue weighted by Gasteiger charge is -2.29. The van der Waals surface area contributed by atoms with E-state index in [4.69, 9.17) is 16.3 Å². The molecule has 40 heavy (non-hydrogen) atoms. The predicted molar refractivity (Wildman–Crippen MR) is 158 cm³/mol. The molecule has 1 aromatic rings. The smallest absolute Gasteiger partial charge is 0.329 e. The number of esters is 1. The van der Waals surface area contributed by atoms with Gasteiger partial charge < -0.3 is 20.7 Å². The Balaban J connectivity index is 2.30. The zero-order valence-electron chi connectivity index (χ0n) is 24.8. The standard InChI is InChI=1S/C31H48ClN3O5/c1-6-8-9-10-11-12-14-21(4)26-19-27(36)34-25(18-23-15-13-16-24(32)17-23)30(38)33-22(5)29(37)35-28(20(3)7-2)31(39)40-26/h13,15-17,20-22,25-26,28H,6-12,14,18-19H2,1-5H3,(H,33,38)(H,34,36)(H,35,37)/t20-,21-,22-,25-,26-,28?/m0/s1. The number of benzene rings is 1. The molecule has 0 aliphatic carbocycles. The molecule has 224 valence electrons. The van der Waals surface area contributed by atoms with E-state index in [9.17, 15) is 19.2 Å². The maximum atomic E-state index is 13.4. The maximum absolute atomic E-state index is 13.4. The second-order valence-electron chi connectivity index (χ2n) is 11.3. The fraction of sp³-hybridized carbons (Fsp3) is 0.677. The number of hydrogen-bond acceptors (Lipinski definition) is 5. The van der Waals surface area contributed by atoms with E-state index in [1.54, 1.807) is 25.1 Å². The van der Waals surface area contributed by atoms with Crippen LogP contribution in [-0.2, 0) is 30.3 Å². The van der Waals surface area contributed by atoms with E-state index < -0.39 is 42.0 Å². The highest BCUT2D eigenvalue weighted by Crippen LogP contribution is 2.22. The van der Waals surface area contributed by atoms with Gasteiger partial charge in [-0.15, -0.1) is 0 Å². The molecule has 1 heterocycles. The Kier molecular flexibility index (Phi) is 14.5. The summed E-state index contributed by atoms with van der Waals surface area (Å²) in [4.78, 5) is 53.0. The third-order valence-electron chi connectivity index (χ3n) is 7.80. The molecule has 1 fully saturated rings. The van der Waals surface area contributed by atoms with Crippen LogP contribution in [0.1, 0.15) is 98.0 Å². The SMILES string of the molecule is CCCCCCCC[C@H](C)[C@@H]1CC(=O)N[C@@H](Cc2cccc(Cl)c2)C(=O)N[C@@H](C)C(=O)NC([C@@H](C)CC)C(=O)O1. The van der Waals surface area contributed by atoms with Gasteiger partial charge >= 0.3 is 5.97 Å². The van der Waals surface area contributed by atoms with Gasteiger partial charge in [-0.3, -0.25) is 14.4 Å². The monoisotopic (exact) mass is 577 g/mol. The van der Waals surface area contributed by atoms with E-state index in [1.807, 2.05) is 26.8 Å². The topological polar surface area (TPSA) is 114 Å². The van der Waals surface area contributed by atoms with Crippen molar-refractivity contribution in [3.63, 3.8) is 0 Å². The third kappa shape index (κ3) is 11.1. The number of rotatable bonds is 12. The van der Waals surface area contributed by atoms with Gasteiger partial charge in [0.2, 0.25) is 17.7 Å². The molecule has 0 aromatic heterocycles. The van der Waals surface area contributed by atoms with Crippen LogP contribution >= 0.6 is 11.6 Å². The van der Waals surface area contributed by atoms with Crippen LogP contribution in [0.4, 0.5) is 0 Å². The molecule has 0 bridgehead atoms. The highest BCUT2D eigenvalue weighted by atomic mass is 35.5. The number of ether oxygens (including phenoxy) is 1. The lowest BCUT2D eigenvalue weighted by Crippen LogP contribution is -2.55. The second kappa shape index (κ2) is 17.3. The molecular weight excluding hydrogens is 530 g/mol. The van der Waals surface area contributed by atoms with Gasteiger partial charge in [-0.1, -0.05) is 96.4 Å². The Bertz CT molecular complexity index is 987. The van der Waals surface area contributed by atoms with Gasteiger partial charge in [0.15, 0.2) is 0 Å². The van der Waals surface area contributed by atoms with E-state index in [0.29, 0.717) is 11.4 Å². The fourth-order valence-corrected chi connectivity index (χ4v) is 5.10. The number of hydrogen-bond donors (Lipinski definition) is 3. The average Bonchev–Trinajstić information content (AvgIpc) is 2.91. The van der Waals surface area contributed by atoms with Crippen LogP contribution in [0.2, 0.25) is 5.02 Å². The summed E-state index contributed by atoms with van der Waals surface area (Å²) in [5.41, 5.74) is 0.769. The van der Waals surface area contributed by atoms with E-state index >= 15 is 0 Å². The van der Waals surface area contributed by atoms with E-state index in [-0.39, 0.29) is 30.6 Å². The van der Waals surface area contributed by atoms with Crippen molar-refractivity contribution in [1.29, 1.82) is 0 Å². The molecule has 0 saturated carbocycles. The number of halogens is 1. The molecule has 1 aliphatic rings. The molecular formula is C31H48ClN3O5. The zero-order chi connectivity index (χ0) is 29.7. The van der Waals surface area contributed by atoms with E-state index in [2.05, 4.69) is 22.9 Å². The molecule has 3 amide bonds. The predicted octanol–water partition coefficient (Wildman–Crippen LogP) is 5.11. The summed E-state index contributed by atoms with van der Waals surface area (Å²) in [5, 5.41) is 8.84. The van der Waals surface area contributed by atoms with Crippen molar-refractivity contribution >= 4 is 35.3 Å². The van der Waals surface area contributed by atoms with Crippen molar-refractivity contribution in [2.45, 2.75) is 123 Å². The Hall–Kier alpha value is -2.61. The molecule has 0 radical (unpaired) electrons. The van der Waals surface area contributed by atoms with Crippen LogP contribution in [0.25, 0.3) is 0 Å². The molecule has 8 nitrogen and oxygen atoms in total. The Morgan fingerprint density at radius 1 is 0.925 bits per heavy atom. The van der Waals surface area contributed by atoms with Crippen molar-refractivity contribution in [2.24, 2.45) is 11.8 Å². The van der Waals surface area contributed by atoms with Crippen LogP contribution in [0.5, 0.6) is 0 Å². The number of unbranched alkanes of at least 4 members (excludes halogenated alkanes) is 5. The normalized spacial score (nSPS) is 24.4. The third-order valence-corrected chi connectivity index (χ3v) is 8.03. The molecule has 1 saturated heterocycles. The second-order valence-corrected chi connectivity index (χ2v) is 11.7. The summed E-state index contributed by atoms with van der Waals surface area (Å²) >= 11 is 6.14. The van der Waals surface area contributed by atoms with Gasteiger partial charge in [-0.05, 0) is 42.9 Å². The van der Waals surface area contributed by atoms with Crippen LogP contribution in [0.3, 0.4) is 0 Å². The van der Waals surface area contributed by atoms with Gasteiger partial charge in [-0.25, -0.2) is 4.79 Å². The van der Waals surface area contributed by atoms with Crippen LogP contribution in [0.15, 0.2) is 24.3 Å². The number of amides is 3. The van der Waals surface area contributed by atoms with Gasteiger partial charge in [0.25, 0.3) is 0 Å². The largest absolute Gasteiger partial charge is 0.460 e. The summed E-state index contributed by atoms with van der Waals surface area (Å²) in [5.74, 6) is -2.18. The minimum absolute atomic E-state index is 0.0706. The van der Waals surface area contributed by atoms with Crippen molar-refractivity contribution in [3.8, 4) is 0 Å². The summed E-state index contributed by atoms with van der Waals surface area (Å²) in [6, 6.07) is 4.34. The minimum Gasteiger partial charge on any atom is -0.460 e. The van der Waals surface area contributed by atoms with Crippen molar-refractivity contribution < 1.29 is 23.9 Å². The summed E-state index contributed by atoms with van der Waals surface area (Å²) < 4.78 is 5.97. The average molecular weight is 578 g/mol. The molecule has 1 aliphatic heterocycles. The van der Waals surface area contributed by atoms with Crippen molar-refractivity contribution in [3.05, 3.63) is 34.9 Å². The first-order valence-corrected chi connectivity index (χ1v) is 15.3. The number of carbonyl (C=O) groups excluding carboxylic acids is 4. The maximum Gasteiger partial charge on any atom is 0.329 e. The molecule has 1 aromatic carbocycles. The van der Waals surface area contributed by atoms with Crippen molar-refractivity contribution in [1.82, 2.24) is 16.0 Å². The summed E-state index contributed by atoms with van der Waals surface area (Å²) in [7, 11) is 0. The van der Waals surface area contributed by atoms with Crippen molar-refractivity contribution in [2.75, 3.05) is 0 Å². The number of cyclic esters (lactones) is 1. The van der Waals surface area contributed by atoms with Crippen LogP contribution in [0, 0.1) is 11.8 Å². The fourth-order valence-electron chi connectivity index (χ4n) is 4.89. The number of nitrogens with one attached hydrogen (secondary N) is 3. The van der Waals surface area contributed by atoms with Gasteiger partial charge in [0, 0.05) is 11.4 Å². The summed E-state index contributed by atoms with van der Waals surface area (Å²) in [6.45, 7) is 9.53. The quantitative estimate of drug-likeness (QED) is 0.236. The zero-order valence-corrected chi connectivity index (χ0v) is 25.5. The minimum atomic E-state index is -0.933. The lowest BCUT2D eigenvalue weighted by molar-refractivity contribution is -0.158. The Labute approximate surface area is 244 Å². The van der Waals surface area contributed by atoms with E-state index in [1.165, 1.54) is 19.3 Å². The van der Waals surface area contributed by atoms with Gasteiger partial charge in [-0.2, -0.15) is 0 Å². The lowest BCUT2D eigenvalue weighted by atomic mass is 9.93. The molecule has 1 unspecified atom stereocenters. The van der Waals surface area contributed by atoms with Gasteiger partial charge in [0.05, 0.1) is 6.42 Å². The molecule has 9 heteroatoms. The Morgan fingerprint density at radius 2 is 1.62 bits per heavy atom. The molecule has 2 rings (SSSR count). The highest BCUT2D eigenvalue weighted by Gasteiger charge is 2.35. The first-order chi connectivity index (χ1) is 19.0. The molecule has 3 N–H and O–H groups in total. The first kappa shape index (κ1) is 33.6. The van der Waals surface area contributed by atoms with Gasteiger partial charge in [0.1, 0.15) is 24.2 Å². The van der Waals surface area contributed by atoms with E-state index in [0.717, 1.165) is 31.2 Å². The Morgan fingerprint density at radius 3 is 2.30 bits per heavy atom. The van der Waals surface area contributed by atoms with Crippen LogP contribution < -0.4 is 16.0 Å². The molecule has 0 spiro atoms. The van der Waals surface area contributed by atoms with Crippen LogP contribution in [-0.4, -0.2) is 47.9 Å².